The number of hydrogen-bond donors (Lipinski definition) is 1. The van der Waals surface area contributed by atoms with Crippen molar-refractivity contribution in [3.05, 3.63) is 22.4 Å². The second-order valence-electron chi connectivity index (χ2n) is 4.26. The summed E-state index contributed by atoms with van der Waals surface area (Å²) >= 11 is 3.38. The molecule has 2 rings (SSSR count). The fourth-order valence-corrected chi connectivity index (χ4v) is 2.54. The molecule has 0 spiro atoms. The lowest BCUT2D eigenvalue weighted by molar-refractivity contribution is 0.0699. The van der Waals surface area contributed by atoms with Crippen molar-refractivity contribution in [1.82, 2.24) is 14.8 Å². The van der Waals surface area contributed by atoms with E-state index in [1.807, 2.05) is 28.8 Å². The van der Waals surface area contributed by atoms with Crippen molar-refractivity contribution >= 4 is 21.8 Å². The van der Waals surface area contributed by atoms with Gasteiger partial charge in [0, 0.05) is 43.4 Å². The lowest BCUT2D eigenvalue weighted by atomic mass is 10.2. The minimum atomic E-state index is 0.113. The highest BCUT2D eigenvalue weighted by atomic mass is 79.9. The van der Waals surface area contributed by atoms with Crippen LogP contribution in [0, 0.1) is 0 Å². The Balaban J connectivity index is 2.15. The summed E-state index contributed by atoms with van der Waals surface area (Å²) in [5.74, 6) is 0.113. The third kappa shape index (κ3) is 2.30. The van der Waals surface area contributed by atoms with Crippen LogP contribution < -0.4 is 5.32 Å². The van der Waals surface area contributed by atoms with Crippen molar-refractivity contribution in [2.75, 3.05) is 19.6 Å². The summed E-state index contributed by atoms with van der Waals surface area (Å²) in [7, 11) is 1.89. The zero-order valence-electron chi connectivity index (χ0n) is 9.53. The standard InChI is InChI=1S/C11H16BrN3O/c1-8-6-15(4-3-13-8)11(16)10-5-9(12)7-14(10)2/h5,7-8,13H,3-4,6H2,1-2H3. The van der Waals surface area contributed by atoms with Gasteiger partial charge in [0.1, 0.15) is 5.69 Å². The summed E-state index contributed by atoms with van der Waals surface area (Å²) in [5, 5.41) is 3.33. The maximum Gasteiger partial charge on any atom is 0.270 e. The molecule has 2 heterocycles. The van der Waals surface area contributed by atoms with Gasteiger partial charge in [-0.15, -0.1) is 0 Å². The van der Waals surface area contributed by atoms with Crippen LogP contribution >= 0.6 is 15.9 Å². The van der Waals surface area contributed by atoms with Crippen molar-refractivity contribution in [1.29, 1.82) is 0 Å². The topological polar surface area (TPSA) is 37.3 Å². The quantitative estimate of drug-likeness (QED) is 0.843. The smallest absolute Gasteiger partial charge is 0.270 e. The Labute approximate surface area is 104 Å². The minimum Gasteiger partial charge on any atom is -0.345 e. The van der Waals surface area contributed by atoms with Gasteiger partial charge in [0.15, 0.2) is 0 Å². The normalized spacial score (nSPS) is 21.2. The van der Waals surface area contributed by atoms with Gasteiger partial charge in [-0.3, -0.25) is 4.79 Å². The number of nitrogens with one attached hydrogen (secondary N) is 1. The second kappa shape index (κ2) is 4.59. The van der Waals surface area contributed by atoms with E-state index in [1.54, 1.807) is 0 Å². The number of halogens is 1. The number of nitrogens with zero attached hydrogens (tertiary/aromatic N) is 2. The van der Waals surface area contributed by atoms with Crippen LogP contribution in [0.1, 0.15) is 17.4 Å². The molecular formula is C11H16BrN3O. The fraction of sp³-hybridized carbons (Fsp3) is 0.545. The van der Waals surface area contributed by atoms with Gasteiger partial charge < -0.3 is 14.8 Å². The van der Waals surface area contributed by atoms with Gasteiger partial charge in [-0.25, -0.2) is 0 Å². The van der Waals surface area contributed by atoms with Crippen LogP contribution in [0.15, 0.2) is 16.7 Å². The molecule has 5 heteroatoms. The summed E-state index contributed by atoms with van der Waals surface area (Å²) in [6, 6.07) is 2.25. The first-order valence-corrected chi connectivity index (χ1v) is 6.22. The highest BCUT2D eigenvalue weighted by Gasteiger charge is 2.23. The molecule has 1 aliphatic heterocycles. The first-order chi connectivity index (χ1) is 7.58. The van der Waals surface area contributed by atoms with Gasteiger partial charge in [-0.05, 0) is 28.9 Å². The largest absolute Gasteiger partial charge is 0.345 e. The lowest BCUT2D eigenvalue weighted by Crippen LogP contribution is -2.51. The van der Waals surface area contributed by atoms with E-state index in [2.05, 4.69) is 28.2 Å². The van der Waals surface area contributed by atoms with E-state index in [0.29, 0.717) is 6.04 Å². The zero-order chi connectivity index (χ0) is 11.7. The van der Waals surface area contributed by atoms with E-state index in [-0.39, 0.29) is 5.91 Å². The Morgan fingerprint density at radius 1 is 1.62 bits per heavy atom. The number of hydrogen-bond acceptors (Lipinski definition) is 2. The number of aryl methyl sites for hydroxylation is 1. The van der Waals surface area contributed by atoms with Crippen molar-refractivity contribution < 1.29 is 4.79 Å². The molecule has 1 unspecified atom stereocenters. The average Bonchev–Trinajstić information content (AvgIpc) is 2.57. The third-order valence-electron chi connectivity index (χ3n) is 2.85. The molecule has 1 aromatic rings. The van der Waals surface area contributed by atoms with Gasteiger partial charge in [0.2, 0.25) is 0 Å². The van der Waals surface area contributed by atoms with Gasteiger partial charge in [-0.1, -0.05) is 0 Å². The average molecular weight is 286 g/mol. The predicted molar refractivity (Wildman–Crippen MR) is 66.5 cm³/mol. The lowest BCUT2D eigenvalue weighted by Gasteiger charge is -2.31. The number of amides is 1. The Bertz CT molecular complexity index is 402. The number of carbonyl (C=O) groups excluding carboxylic acids is 1. The maximum absolute atomic E-state index is 12.2. The minimum absolute atomic E-state index is 0.113. The van der Waals surface area contributed by atoms with Crippen molar-refractivity contribution in [2.45, 2.75) is 13.0 Å². The molecule has 0 bridgehead atoms. The summed E-state index contributed by atoms with van der Waals surface area (Å²) in [6.07, 6.45) is 1.90. The van der Waals surface area contributed by atoms with Gasteiger partial charge in [0.05, 0.1) is 0 Å². The van der Waals surface area contributed by atoms with Crippen LogP contribution in [0.2, 0.25) is 0 Å². The summed E-state index contributed by atoms with van der Waals surface area (Å²) in [6.45, 7) is 4.53. The van der Waals surface area contributed by atoms with E-state index >= 15 is 0 Å². The van der Waals surface area contributed by atoms with Crippen molar-refractivity contribution in [2.24, 2.45) is 7.05 Å². The Morgan fingerprint density at radius 2 is 2.38 bits per heavy atom. The summed E-state index contributed by atoms with van der Waals surface area (Å²) < 4.78 is 2.81. The Hall–Kier alpha value is -0.810. The number of piperazine rings is 1. The molecular weight excluding hydrogens is 270 g/mol. The van der Waals surface area contributed by atoms with Gasteiger partial charge in [0.25, 0.3) is 5.91 Å². The SMILES string of the molecule is CC1CN(C(=O)c2cc(Br)cn2C)CCN1. The van der Waals surface area contributed by atoms with Crippen LogP contribution in [0.4, 0.5) is 0 Å². The van der Waals surface area contributed by atoms with Crippen molar-refractivity contribution in [3.63, 3.8) is 0 Å². The molecule has 1 aliphatic rings. The molecule has 1 fully saturated rings. The van der Waals surface area contributed by atoms with E-state index in [0.717, 1.165) is 29.8 Å². The maximum atomic E-state index is 12.2. The molecule has 1 saturated heterocycles. The summed E-state index contributed by atoms with van der Waals surface area (Å²) in [5.41, 5.74) is 0.737. The van der Waals surface area contributed by atoms with Gasteiger partial charge in [-0.2, -0.15) is 0 Å². The van der Waals surface area contributed by atoms with Crippen LogP contribution in [0.5, 0.6) is 0 Å². The molecule has 88 valence electrons. The Kier molecular flexibility index (Phi) is 3.35. The molecule has 1 N–H and O–H groups in total. The first kappa shape index (κ1) is 11.7. The highest BCUT2D eigenvalue weighted by Crippen LogP contribution is 2.16. The third-order valence-corrected chi connectivity index (χ3v) is 3.28. The van der Waals surface area contributed by atoms with E-state index in [1.165, 1.54) is 0 Å². The molecule has 0 radical (unpaired) electrons. The molecule has 16 heavy (non-hydrogen) atoms. The molecule has 0 aromatic carbocycles. The fourth-order valence-electron chi connectivity index (χ4n) is 2.02. The molecule has 1 amide bonds. The number of aromatic nitrogens is 1. The number of rotatable bonds is 1. The van der Waals surface area contributed by atoms with Gasteiger partial charge >= 0.3 is 0 Å². The van der Waals surface area contributed by atoms with Crippen LogP contribution in [-0.4, -0.2) is 41.1 Å². The highest BCUT2D eigenvalue weighted by molar-refractivity contribution is 9.10. The zero-order valence-corrected chi connectivity index (χ0v) is 11.1. The summed E-state index contributed by atoms with van der Waals surface area (Å²) in [4.78, 5) is 14.1. The monoisotopic (exact) mass is 285 g/mol. The van der Waals surface area contributed by atoms with Crippen LogP contribution in [0.3, 0.4) is 0 Å². The molecule has 1 aromatic heterocycles. The molecule has 0 aliphatic carbocycles. The van der Waals surface area contributed by atoms with E-state index < -0.39 is 0 Å². The van der Waals surface area contributed by atoms with E-state index in [4.69, 9.17) is 0 Å². The van der Waals surface area contributed by atoms with Crippen molar-refractivity contribution in [3.8, 4) is 0 Å². The molecule has 0 saturated carbocycles. The van der Waals surface area contributed by atoms with Crippen LogP contribution in [-0.2, 0) is 7.05 Å². The predicted octanol–water partition coefficient (Wildman–Crippen LogP) is 1.22. The molecule has 1 atom stereocenters. The second-order valence-corrected chi connectivity index (χ2v) is 5.18. The first-order valence-electron chi connectivity index (χ1n) is 5.42. The van der Waals surface area contributed by atoms with Crippen LogP contribution in [0.25, 0.3) is 0 Å². The molecule has 4 nitrogen and oxygen atoms in total. The van der Waals surface area contributed by atoms with E-state index in [9.17, 15) is 4.79 Å². The number of carbonyl (C=O) groups is 1. The Morgan fingerprint density at radius 3 is 2.94 bits per heavy atom.